The van der Waals surface area contributed by atoms with Crippen LogP contribution in [-0.2, 0) is 11.4 Å². The summed E-state index contributed by atoms with van der Waals surface area (Å²) in [5.74, 6) is 0.558. The molecule has 2 rings (SSSR count). The first kappa shape index (κ1) is 28.5. The lowest BCUT2D eigenvalue weighted by molar-refractivity contribution is -0.693. The Morgan fingerprint density at radius 1 is 0.914 bits per heavy atom. The fraction of sp³-hybridized carbons (Fsp3) is 0.552. The van der Waals surface area contributed by atoms with E-state index in [-0.39, 0.29) is 0 Å². The van der Waals surface area contributed by atoms with Gasteiger partial charge >= 0.3 is 5.65 Å². The molecule has 0 aliphatic rings. The zero-order chi connectivity index (χ0) is 25.8. The Morgan fingerprint density at radius 3 is 2.03 bits per heavy atom. The van der Waals surface area contributed by atoms with E-state index in [2.05, 4.69) is 104 Å². The lowest BCUT2D eigenvalue weighted by Gasteiger charge is -2.11. The molecule has 0 radical (unpaired) electrons. The summed E-state index contributed by atoms with van der Waals surface area (Å²) in [7, 11) is 1.54. The maximum atomic E-state index is 5.01. The molecule has 6 nitrogen and oxygen atoms in total. The Morgan fingerprint density at radius 2 is 1.49 bits per heavy atom. The number of rotatable bonds is 14. The second-order valence-corrected chi connectivity index (χ2v) is 9.96. The molecule has 192 valence electrons. The molecule has 0 saturated carbocycles. The number of aromatic nitrogens is 4. The van der Waals surface area contributed by atoms with Crippen LogP contribution in [-0.4, -0.2) is 21.6 Å². The average Bonchev–Trinajstić information content (AvgIpc) is 3.18. The normalized spacial score (nSPS) is 13.1. The monoisotopic (exact) mass is 479 g/mol. The van der Waals surface area contributed by atoms with Crippen molar-refractivity contribution >= 4 is 17.0 Å². The number of imidazole rings is 1. The molecule has 35 heavy (non-hydrogen) atoms. The molecule has 2 aromatic heterocycles. The molecule has 0 fully saturated rings. The predicted octanol–water partition coefficient (Wildman–Crippen LogP) is 8.01. The van der Waals surface area contributed by atoms with Crippen molar-refractivity contribution in [3.63, 3.8) is 0 Å². The summed E-state index contributed by atoms with van der Waals surface area (Å²) in [6.07, 6.45) is 19.8. The van der Waals surface area contributed by atoms with E-state index >= 15 is 0 Å². The first-order chi connectivity index (χ1) is 16.7. The molecular weight excluding hydrogens is 434 g/mol. The Kier molecular flexibility index (Phi) is 11.9. The van der Waals surface area contributed by atoms with Crippen LogP contribution in [0.3, 0.4) is 0 Å². The van der Waals surface area contributed by atoms with Crippen LogP contribution in [0.4, 0.5) is 5.82 Å². The minimum atomic E-state index is 0.290. The summed E-state index contributed by atoms with van der Waals surface area (Å²) in [5.41, 5.74) is 11.6. The van der Waals surface area contributed by atoms with E-state index in [9.17, 15) is 0 Å². The van der Waals surface area contributed by atoms with Crippen molar-refractivity contribution in [2.24, 2.45) is 0 Å². The third-order valence-corrected chi connectivity index (χ3v) is 6.10. The van der Waals surface area contributed by atoms with E-state index in [0.29, 0.717) is 11.9 Å². The molecule has 0 saturated heterocycles. The van der Waals surface area contributed by atoms with Gasteiger partial charge in [0.15, 0.2) is 11.8 Å². The second kappa shape index (κ2) is 14.6. The van der Waals surface area contributed by atoms with Crippen molar-refractivity contribution in [3.05, 3.63) is 64.7 Å². The summed E-state index contributed by atoms with van der Waals surface area (Å²) in [6.45, 7) is 16.1. The van der Waals surface area contributed by atoms with E-state index in [1.807, 2.05) is 0 Å². The summed E-state index contributed by atoms with van der Waals surface area (Å²) in [4.78, 5) is 13.8. The summed E-state index contributed by atoms with van der Waals surface area (Å²) < 4.78 is 4.31. The van der Waals surface area contributed by atoms with Crippen molar-refractivity contribution in [1.29, 1.82) is 0 Å². The fourth-order valence-corrected chi connectivity index (χ4v) is 3.98. The minimum Gasteiger partial charge on any atom is -0.407 e. The smallest absolute Gasteiger partial charge is 0.301 e. The molecule has 0 amide bonds. The van der Waals surface area contributed by atoms with Gasteiger partial charge in [-0.25, -0.2) is 4.57 Å². The molecule has 0 aromatic carbocycles. The maximum Gasteiger partial charge on any atom is 0.301 e. The lowest BCUT2D eigenvalue weighted by Crippen LogP contribution is -2.35. The van der Waals surface area contributed by atoms with Gasteiger partial charge in [0.2, 0.25) is 0 Å². The summed E-state index contributed by atoms with van der Waals surface area (Å²) in [5, 5.41) is 0. The van der Waals surface area contributed by atoms with Crippen molar-refractivity contribution in [3.8, 4) is 0 Å². The van der Waals surface area contributed by atoms with Gasteiger partial charge in [-0.3, -0.25) is 4.57 Å². The van der Waals surface area contributed by atoms with Gasteiger partial charge in [0.1, 0.15) is 0 Å². The number of fused-ring (bicyclic) bond motifs is 1. The van der Waals surface area contributed by atoms with Crippen LogP contribution in [0.15, 0.2) is 59.3 Å². The number of hydrogen-bond acceptors (Lipinski definition) is 3. The largest absolute Gasteiger partial charge is 0.407 e. The van der Waals surface area contributed by atoms with Gasteiger partial charge < -0.3 is 15.3 Å². The Bertz CT molecular complexity index is 1070. The standard InChI is InChI=1S/C29H45N5O/c1-22(2)12-9-13-24(5)14-10-15-25(6)16-11-17-26(7)18-19-33-21-34(23(3)4)29-27(33)28(32-35-8)30-20-31-29/h12,14,16,18,20-21,23H,9-11,13,15,17,19H2,1-8H3/b24-14+,25-16+,26-18+. The summed E-state index contributed by atoms with van der Waals surface area (Å²) in [6, 6.07) is 0.290. The highest BCUT2D eigenvalue weighted by Crippen LogP contribution is 2.25. The third-order valence-electron chi connectivity index (χ3n) is 6.10. The molecule has 0 bridgehead atoms. The fourth-order valence-electron chi connectivity index (χ4n) is 3.98. The SMILES string of the molecule is CO[N-]c1ncnc2c1n(C/C=C(\C)CC/C=C(\C)CC/C=C(\C)CCC=C(C)C)c[n+]2C(C)C. The number of hydrogen-bond donors (Lipinski definition) is 0. The second-order valence-electron chi connectivity index (χ2n) is 9.96. The molecule has 2 heterocycles. The lowest BCUT2D eigenvalue weighted by atomic mass is 10.0. The molecule has 0 spiro atoms. The van der Waals surface area contributed by atoms with Gasteiger partial charge in [-0.2, -0.15) is 0 Å². The minimum absolute atomic E-state index is 0.290. The van der Waals surface area contributed by atoms with Gasteiger partial charge in [-0.1, -0.05) is 46.6 Å². The molecule has 0 N–H and O–H groups in total. The van der Waals surface area contributed by atoms with Crippen LogP contribution < -0.4 is 4.57 Å². The van der Waals surface area contributed by atoms with Crippen LogP contribution in [0.25, 0.3) is 16.6 Å². The molecule has 6 heteroatoms. The highest BCUT2D eigenvalue weighted by atomic mass is 16.6. The molecule has 0 aliphatic heterocycles. The highest BCUT2D eigenvalue weighted by molar-refractivity contribution is 5.81. The average molecular weight is 480 g/mol. The first-order valence-corrected chi connectivity index (χ1v) is 12.8. The van der Waals surface area contributed by atoms with Gasteiger partial charge in [0.25, 0.3) is 0 Å². The van der Waals surface area contributed by atoms with Crippen LogP contribution in [0.5, 0.6) is 0 Å². The predicted molar refractivity (Wildman–Crippen MR) is 147 cm³/mol. The van der Waals surface area contributed by atoms with Crippen LogP contribution >= 0.6 is 0 Å². The van der Waals surface area contributed by atoms with Gasteiger partial charge in [0.05, 0.1) is 18.9 Å². The van der Waals surface area contributed by atoms with E-state index < -0.39 is 0 Å². The van der Waals surface area contributed by atoms with Crippen molar-refractivity contribution < 1.29 is 9.40 Å². The van der Waals surface area contributed by atoms with Gasteiger partial charge in [0, 0.05) is 12.9 Å². The maximum absolute atomic E-state index is 5.01. The zero-order valence-corrected chi connectivity index (χ0v) is 23.1. The molecule has 2 aromatic rings. The summed E-state index contributed by atoms with van der Waals surface area (Å²) >= 11 is 0. The van der Waals surface area contributed by atoms with Gasteiger partial charge in [-0.05, 0) is 87.0 Å². The van der Waals surface area contributed by atoms with E-state index in [1.54, 1.807) is 13.4 Å². The van der Waals surface area contributed by atoms with Crippen LogP contribution in [0.1, 0.15) is 93.0 Å². The molecule has 0 aliphatic carbocycles. The van der Waals surface area contributed by atoms with Gasteiger partial charge in [-0.15, -0.1) is 4.98 Å². The van der Waals surface area contributed by atoms with E-state index in [1.165, 1.54) is 28.7 Å². The molecule has 0 unspecified atom stereocenters. The van der Waals surface area contributed by atoms with E-state index in [4.69, 9.17) is 4.84 Å². The highest BCUT2D eigenvalue weighted by Gasteiger charge is 2.19. The van der Waals surface area contributed by atoms with Crippen LogP contribution in [0, 0.1) is 0 Å². The molecule has 0 atom stereocenters. The third kappa shape index (κ3) is 9.44. The van der Waals surface area contributed by atoms with Crippen molar-refractivity contribution in [2.45, 2.75) is 99.6 Å². The van der Waals surface area contributed by atoms with Crippen molar-refractivity contribution in [1.82, 2.24) is 14.5 Å². The zero-order valence-electron chi connectivity index (χ0n) is 23.1. The molecular formula is C29H45N5O. The number of allylic oxidation sites excluding steroid dienone is 8. The first-order valence-electron chi connectivity index (χ1n) is 12.8. The van der Waals surface area contributed by atoms with Crippen LogP contribution in [0.2, 0.25) is 0 Å². The topological polar surface area (TPSA) is 57.9 Å². The quantitative estimate of drug-likeness (QED) is 0.157. The Labute approximate surface area is 212 Å². The number of nitrogens with zero attached hydrogens (tertiary/aromatic N) is 5. The van der Waals surface area contributed by atoms with Crippen molar-refractivity contribution in [2.75, 3.05) is 7.11 Å². The Balaban J connectivity index is 1.93. The van der Waals surface area contributed by atoms with E-state index in [0.717, 1.165) is 49.8 Å². The Hall–Kier alpha value is -2.73.